The molecule has 0 radical (unpaired) electrons. The molecule has 0 unspecified atom stereocenters. The van der Waals surface area contributed by atoms with Gasteiger partial charge in [-0.3, -0.25) is 13.9 Å². The number of pyridine rings is 1. The molecule has 0 saturated heterocycles. The van der Waals surface area contributed by atoms with Crippen LogP contribution in [0.3, 0.4) is 0 Å². The standard InChI is InChI=1S/C20H19BrF5N5O2/c1-29-18-16(19(32)30(2)20(29)33)15(10-5-9(22)3-4-12(10)21)11(6-27)17(28-18)31(7-13(23)24)8-14(25)26/h3-5,13-14H,6-8,27H2,1-2H3. The van der Waals surface area contributed by atoms with Gasteiger partial charge >= 0.3 is 5.69 Å². The number of nitrogens with two attached hydrogens (primary N) is 1. The summed E-state index contributed by atoms with van der Waals surface area (Å²) in [6, 6.07) is 3.59. The van der Waals surface area contributed by atoms with E-state index < -0.39 is 49.6 Å². The van der Waals surface area contributed by atoms with Gasteiger partial charge in [0.05, 0.1) is 18.5 Å². The number of halogens is 6. The van der Waals surface area contributed by atoms with Crippen LogP contribution in [-0.4, -0.2) is 40.1 Å². The maximum Gasteiger partial charge on any atom is 0.332 e. The van der Waals surface area contributed by atoms with Crippen LogP contribution in [0.2, 0.25) is 0 Å². The van der Waals surface area contributed by atoms with Gasteiger partial charge in [0.15, 0.2) is 5.65 Å². The van der Waals surface area contributed by atoms with Gasteiger partial charge in [0.25, 0.3) is 18.4 Å². The minimum Gasteiger partial charge on any atom is -0.345 e. The van der Waals surface area contributed by atoms with Crippen molar-refractivity contribution in [2.24, 2.45) is 19.8 Å². The summed E-state index contributed by atoms with van der Waals surface area (Å²) >= 11 is 3.28. The lowest BCUT2D eigenvalue weighted by molar-refractivity contribution is 0.131. The molecule has 2 aromatic heterocycles. The molecule has 2 heterocycles. The van der Waals surface area contributed by atoms with Crippen molar-refractivity contribution in [2.75, 3.05) is 18.0 Å². The maximum absolute atomic E-state index is 14.2. The first kappa shape index (κ1) is 24.8. The van der Waals surface area contributed by atoms with Crippen molar-refractivity contribution < 1.29 is 22.0 Å². The SMILES string of the molecule is Cn1c(=O)c2c(-c3cc(F)ccc3Br)c(CN)c(N(CC(F)F)CC(F)F)nc2n(C)c1=O. The molecule has 1 aromatic carbocycles. The highest BCUT2D eigenvalue weighted by molar-refractivity contribution is 9.10. The predicted octanol–water partition coefficient (Wildman–Crippen LogP) is 3.00. The topological polar surface area (TPSA) is 86.2 Å². The van der Waals surface area contributed by atoms with Gasteiger partial charge in [-0.25, -0.2) is 31.7 Å². The summed E-state index contributed by atoms with van der Waals surface area (Å²) in [6.45, 7) is -2.59. The number of hydrogen-bond acceptors (Lipinski definition) is 5. The Labute approximate surface area is 192 Å². The zero-order valence-corrected chi connectivity index (χ0v) is 19.0. The summed E-state index contributed by atoms with van der Waals surface area (Å²) < 4.78 is 69.3. The highest BCUT2D eigenvalue weighted by atomic mass is 79.9. The van der Waals surface area contributed by atoms with E-state index in [-0.39, 0.29) is 33.5 Å². The van der Waals surface area contributed by atoms with Crippen LogP contribution in [0.15, 0.2) is 32.3 Å². The zero-order valence-electron chi connectivity index (χ0n) is 17.5. The first-order valence-corrected chi connectivity index (χ1v) is 10.4. The minimum atomic E-state index is -3.00. The van der Waals surface area contributed by atoms with E-state index in [1.807, 2.05) is 0 Å². The van der Waals surface area contributed by atoms with Gasteiger partial charge in [-0.05, 0) is 18.2 Å². The molecule has 0 aliphatic rings. The molecule has 0 spiro atoms. The Bertz CT molecular complexity index is 1320. The molecule has 0 atom stereocenters. The molecule has 0 amide bonds. The molecule has 7 nitrogen and oxygen atoms in total. The molecule has 2 N–H and O–H groups in total. The highest BCUT2D eigenvalue weighted by Gasteiger charge is 2.28. The molecular weight excluding hydrogens is 517 g/mol. The largest absolute Gasteiger partial charge is 0.345 e. The average Bonchev–Trinajstić information content (AvgIpc) is 2.75. The average molecular weight is 536 g/mol. The van der Waals surface area contributed by atoms with Crippen LogP contribution in [-0.2, 0) is 20.6 Å². The number of nitrogens with zero attached hydrogens (tertiary/aromatic N) is 4. The van der Waals surface area contributed by atoms with Crippen molar-refractivity contribution in [1.82, 2.24) is 14.1 Å². The Hall–Kier alpha value is -2.80. The van der Waals surface area contributed by atoms with E-state index in [0.717, 1.165) is 21.3 Å². The van der Waals surface area contributed by atoms with Gasteiger partial charge in [0.1, 0.15) is 11.6 Å². The summed E-state index contributed by atoms with van der Waals surface area (Å²) in [5.74, 6) is -1.03. The molecule has 3 aromatic rings. The second-order valence-electron chi connectivity index (χ2n) is 7.21. The lowest BCUT2D eigenvalue weighted by atomic mass is 9.96. The number of hydrogen-bond donors (Lipinski definition) is 1. The van der Waals surface area contributed by atoms with E-state index in [4.69, 9.17) is 5.73 Å². The first-order chi connectivity index (χ1) is 15.5. The molecule has 3 rings (SSSR count). The van der Waals surface area contributed by atoms with Crippen molar-refractivity contribution in [2.45, 2.75) is 19.4 Å². The Morgan fingerprint density at radius 1 is 1.09 bits per heavy atom. The van der Waals surface area contributed by atoms with Gasteiger partial charge in [-0.1, -0.05) is 15.9 Å². The molecule has 0 aliphatic heterocycles. The van der Waals surface area contributed by atoms with Gasteiger partial charge in [-0.2, -0.15) is 0 Å². The number of fused-ring (bicyclic) bond motifs is 1. The second kappa shape index (κ2) is 9.59. The third kappa shape index (κ3) is 4.64. The highest BCUT2D eigenvalue weighted by Crippen LogP contribution is 2.39. The minimum absolute atomic E-state index is 0.00797. The predicted molar refractivity (Wildman–Crippen MR) is 117 cm³/mol. The summed E-state index contributed by atoms with van der Waals surface area (Å²) in [5, 5.41) is -0.135. The van der Waals surface area contributed by atoms with E-state index in [2.05, 4.69) is 20.9 Å². The van der Waals surface area contributed by atoms with Crippen LogP contribution < -0.4 is 21.9 Å². The number of alkyl halides is 4. The number of aryl methyl sites for hydroxylation is 1. The number of aromatic nitrogens is 3. The smallest absolute Gasteiger partial charge is 0.332 e. The van der Waals surface area contributed by atoms with Gasteiger partial charge in [0.2, 0.25) is 0 Å². The van der Waals surface area contributed by atoms with E-state index in [1.165, 1.54) is 20.2 Å². The van der Waals surface area contributed by atoms with Crippen LogP contribution in [0.25, 0.3) is 22.2 Å². The van der Waals surface area contributed by atoms with Crippen molar-refractivity contribution >= 4 is 32.8 Å². The third-order valence-corrected chi connectivity index (χ3v) is 5.78. The van der Waals surface area contributed by atoms with Gasteiger partial charge in [0, 0.05) is 41.8 Å². The van der Waals surface area contributed by atoms with E-state index in [0.29, 0.717) is 9.37 Å². The molecule has 0 fully saturated rings. The Morgan fingerprint density at radius 3 is 2.24 bits per heavy atom. The molecule has 33 heavy (non-hydrogen) atoms. The maximum atomic E-state index is 14.2. The summed E-state index contributed by atoms with van der Waals surface area (Å²) in [5.41, 5.74) is 4.20. The molecule has 178 valence electrons. The number of benzene rings is 1. The summed E-state index contributed by atoms with van der Waals surface area (Å²) in [4.78, 5) is 30.4. The lowest BCUT2D eigenvalue weighted by Crippen LogP contribution is -2.39. The van der Waals surface area contributed by atoms with E-state index >= 15 is 0 Å². The lowest BCUT2D eigenvalue weighted by Gasteiger charge is -2.27. The summed E-state index contributed by atoms with van der Waals surface area (Å²) in [6.07, 6.45) is -5.99. The zero-order chi connectivity index (χ0) is 24.6. The third-order valence-electron chi connectivity index (χ3n) is 5.09. The summed E-state index contributed by atoms with van der Waals surface area (Å²) in [7, 11) is 2.52. The van der Waals surface area contributed by atoms with Crippen LogP contribution >= 0.6 is 15.9 Å². The van der Waals surface area contributed by atoms with E-state index in [1.54, 1.807) is 0 Å². The quantitative estimate of drug-likeness (QED) is 0.470. The number of rotatable bonds is 7. The van der Waals surface area contributed by atoms with E-state index in [9.17, 15) is 31.5 Å². The van der Waals surface area contributed by atoms with Crippen LogP contribution in [0.1, 0.15) is 5.56 Å². The first-order valence-electron chi connectivity index (χ1n) is 9.57. The van der Waals surface area contributed by atoms with Crippen LogP contribution in [0.5, 0.6) is 0 Å². The van der Waals surface area contributed by atoms with Crippen LogP contribution in [0.4, 0.5) is 27.8 Å². The van der Waals surface area contributed by atoms with Crippen molar-refractivity contribution in [3.05, 3.63) is 54.9 Å². The Balaban J connectivity index is 2.59. The molecule has 0 aliphatic carbocycles. The normalized spacial score (nSPS) is 11.7. The molecule has 0 saturated carbocycles. The fourth-order valence-electron chi connectivity index (χ4n) is 3.64. The molecular formula is C20H19BrF5N5O2. The van der Waals surface area contributed by atoms with Crippen LogP contribution in [0, 0.1) is 5.82 Å². The fourth-order valence-corrected chi connectivity index (χ4v) is 4.08. The second-order valence-corrected chi connectivity index (χ2v) is 8.06. The molecule has 13 heteroatoms. The van der Waals surface area contributed by atoms with Gasteiger partial charge < -0.3 is 10.6 Å². The number of anilines is 1. The monoisotopic (exact) mass is 535 g/mol. The Morgan fingerprint density at radius 2 is 1.70 bits per heavy atom. The van der Waals surface area contributed by atoms with Crippen molar-refractivity contribution in [3.8, 4) is 11.1 Å². The molecule has 0 bridgehead atoms. The van der Waals surface area contributed by atoms with Gasteiger partial charge in [-0.15, -0.1) is 0 Å². The fraction of sp³-hybridized carbons (Fsp3) is 0.350. The van der Waals surface area contributed by atoms with Crippen molar-refractivity contribution in [3.63, 3.8) is 0 Å². The van der Waals surface area contributed by atoms with Crippen molar-refractivity contribution in [1.29, 1.82) is 0 Å². The Kier molecular flexibility index (Phi) is 7.22.